The molecule has 6 heteroatoms. The first kappa shape index (κ1) is 19.3. The van der Waals surface area contributed by atoms with E-state index in [0.717, 1.165) is 52.1 Å². The van der Waals surface area contributed by atoms with Crippen molar-refractivity contribution in [1.29, 1.82) is 0 Å². The van der Waals surface area contributed by atoms with E-state index in [9.17, 15) is 4.79 Å². The maximum Gasteiger partial charge on any atom is 0.272 e. The van der Waals surface area contributed by atoms with Crippen LogP contribution in [0.1, 0.15) is 35.8 Å². The normalized spacial score (nSPS) is 15.0. The first-order chi connectivity index (χ1) is 13.2. The Balaban J connectivity index is 1.56. The van der Waals surface area contributed by atoms with Gasteiger partial charge in [-0.2, -0.15) is 0 Å². The van der Waals surface area contributed by atoms with Crippen molar-refractivity contribution in [1.82, 2.24) is 19.8 Å². The van der Waals surface area contributed by atoms with E-state index < -0.39 is 0 Å². The molecule has 1 amide bonds. The number of benzene rings is 1. The third-order valence-electron chi connectivity index (χ3n) is 4.96. The molecule has 6 nitrogen and oxygen atoms in total. The van der Waals surface area contributed by atoms with Crippen LogP contribution in [-0.2, 0) is 6.54 Å². The lowest BCUT2D eigenvalue weighted by Gasteiger charge is -2.34. The first-order valence-electron chi connectivity index (χ1n) is 9.77. The van der Waals surface area contributed by atoms with Crippen molar-refractivity contribution in [2.24, 2.45) is 0 Å². The molecule has 0 unspecified atom stereocenters. The summed E-state index contributed by atoms with van der Waals surface area (Å²) < 4.78 is 0. The monoisotopic (exact) mass is 367 g/mol. The number of hydrogen-bond donors (Lipinski definition) is 0. The summed E-state index contributed by atoms with van der Waals surface area (Å²) >= 11 is 0. The predicted molar refractivity (Wildman–Crippen MR) is 108 cm³/mol. The molecule has 27 heavy (non-hydrogen) atoms. The van der Waals surface area contributed by atoms with Gasteiger partial charge in [-0.3, -0.25) is 9.69 Å². The van der Waals surface area contributed by atoms with Gasteiger partial charge in [0, 0.05) is 52.5 Å². The second-order valence-corrected chi connectivity index (χ2v) is 7.07. The second-order valence-electron chi connectivity index (χ2n) is 7.07. The van der Waals surface area contributed by atoms with Gasteiger partial charge < -0.3 is 9.80 Å². The number of anilines is 1. The summed E-state index contributed by atoms with van der Waals surface area (Å²) in [6, 6.07) is 12.2. The van der Waals surface area contributed by atoms with Gasteiger partial charge >= 0.3 is 0 Å². The van der Waals surface area contributed by atoms with Gasteiger partial charge in [-0.05, 0) is 18.1 Å². The summed E-state index contributed by atoms with van der Waals surface area (Å²) in [6.45, 7) is 7.22. The molecular formula is C21H29N5O. The largest absolute Gasteiger partial charge is 0.344 e. The molecule has 1 saturated heterocycles. The second kappa shape index (κ2) is 9.46. The van der Waals surface area contributed by atoms with Crippen LogP contribution in [0, 0.1) is 0 Å². The molecule has 0 radical (unpaired) electrons. The topological polar surface area (TPSA) is 52.6 Å². The number of rotatable bonds is 7. The number of amides is 1. The summed E-state index contributed by atoms with van der Waals surface area (Å²) in [5.41, 5.74) is 1.80. The number of piperazine rings is 1. The zero-order valence-corrected chi connectivity index (χ0v) is 16.3. The molecule has 144 valence electrons. The minimum absolute atomic E-state index is 0.00176. The minimum Gasteiger partial charge on any atom is -0.344 e. The summed E-state index contributed by atoms with van der Waals surface area (Å²) in [6.07, 6.45) is 3.89. The van der Waals surface area contributed by atoms with Gasteiger partial charge in [0.25, 0.3) is 5.91 Å². The van der Waals surface area contributed by atoms with Gasteiger partial charge in [0.05, 0.1) is 0 Å². The molecule has 3 rings (SSSR count). The highest BCUT2D eigenvalue weighted by molar-refractivity contribution is 5.92. The molecule has 0 atom stereocenters. The van der Waals surface area contributed by atoms with Crippen LogP contribution in [0.25, 0.3) is 0 Å². The molecule has 2 heterocycles. The van der Waals surface area contributed by atoms with E-state index in [2.05, 4.69) is 46.1 Å². The highest BCUT2D eigenvalue weighted by Crippen LogP contribution is 2.13. The van der Waals surface area contributed by atoms with Gasteiger partial charge in [-0.1, -0.05) is 43.7 Å². The fourth-order valence-electron chi connectivity index (χ4n) is 3.26. The Morgan fingerprint density at radius 3 is 2.56 bits per heavy atom. The van der Waals surface area contributed by atoms with Crippen molar-refractivity contribution in [3.05, 3.63) is 53.9 Å². The van der Waals surface area contributed by atoms with E-state index in [4.69, 9.17) is 0 Å². The van der Waals surface area contributed by atoms with E-state index in [1.807, 2.05) is 22.9 Å². The Morgan fingerprint density at radius 2 is 1.85 bits per heavy atom. The molecule has 1 aromatic carbocycles. The maximum absolute atomic E-state index is 12.9. The third kappa shape index (κ3) is 5.26. The molecule has 1 aromatic heterocycles. The Kier molecular flexibility index (Phi) is 6.76. The number of aromatic nitrogens is 2. The van der Waals surface area contributed by atoms with Crippen molar-refractivity contribution >= 4 is 11.9 Å². The Hall–Kier alpha value is -2.47. The zero-order chi connectivity index (χ0) is 19.1. The molecular weight excluding hydrogens is 338 g/mol. The van der Waals surface area contributed by atoms with E-state index >= 15 is 0 Å². The third-order valence-corrected chi connectivity index (χ3v) is 4.96. The predicted octanol–water partition coefficient (Wildman–Crippen LogP) is 2.67. The number of nitrogens with zero attached hydrogens (tertiary/aromatic N) is 5. The molecule has 0 spiro atoms. The summed E-state index contributed by atoms with van der Waals surface area (Å²) in [5, 5.41) is 0. The Bertz CT molecular complexity index is 728. The van der Waals surface area contributed by atoms with Gasteiger partial charge in [0.1, 0.15) is 5.69 Å². The lowest BCUT2D eigenvalue weighted by Crippen LogP contribution is -2.48. The van der Waals surface area contributed by atoms with Crippen molar-refractivity contribution in [3.8, 4) is 0 Å². The molecule has 0 aliphatic carbocycles. The van der Waals surface area contributed by atoms with Crippen LogP contribution in [0.2, 0.25) is 0 Å². The van der Waals surface area contributed by atoms with Crippen LogP contribution in [-0.4, -0.2) is 65.4 Å². The molecule has 1 fully saturated rings. The van der Waals surface area contributed by atoms with Crippen LogP contribution in [0.4, 0.5) is 5.95 Å². The van der Waals surface area contributed by atoms with E-state index in [-0.39, 0.29) is 5.91 Å². The van der Waals surface area contributed by atoms with E-state index in [1.54, 1.807) is 12.3 Å². The number of unbranched alkanes of at least 4 members (excludes halogenated alkanes) is 1. The average Bonchev–Trinajstić information content (AvgIpc) is 2.73. The quantitative estimate of drug-likeness (QED) is 0.753. The zero-order valence-electron chi connectivity index (χ0n) is 16.3. The average molecular weight is 367 g/mol. The summed E-state index contributed by atoms with van der Waals surface area (Å²) in [5.74, 6) is 0.624. The van der Waals surface area contributed by atoms with Crippen LogP contribution < -0.4 is 4.90 Å². The first-order valence-corrected chi connectivity index (χ1v) is 9.77. The van der Waals surface area contributed by atoms with Crippen molar-refractivity contribution in [2.45, 2.75) is 26.3 Å². The summed E-state index contributed by atoms with van der Waals surface area (Å²) in [7, 11) is 1.97. The van der Waals surface area contributed by atoms with Crippen LogP contribution in [0.3, 0.4) is 0 Å². The molecule has 0 bridgehead atoms. The highest BCUT2D eigenvalue weighted by atomic mass is 16.2. The fraction of sp³-hybridized carbons (Fsp3) is 0.476. The standard InChI is InChI=1S/C21H29N5O/c1-3-4-12-24(2)21-22-11-10-19(23-21)20(27)26-15-13-25(14-16-26)17-18-8-6-5-7-9-18/h5-11H,3-4,12-17H2,1-2H3. The summed E-state index contributed by atoms with van der Waals surface area (Å²) in [4.78, 5) is 28.0. The number of carbonyl (C=O) groups excluding carboxylic acids is 1. The molecule has 0 saturated carbocycles. The van der Waals surface area contributed by atoms with E-state index in [1.165, 1.54) is 5.56 Å². The Morgan fingerprint density at radius 1 is 1.11 bits per heavy atom. The minimum atomic E-state index is 0.00176. The molecule has 1 aliphatic heterocycles. The molecule has 1 aliphatic rings. The van der Waals surface area contributed by atoms with Crippen molar-refractivity contribution < 1.29 is 4.79 Å². The number of carbonyl (C=O) groups is 1. The molecule has 2 aromatic rings. The Labute approximate surface area is 161 Å². The van der Waals surface area contributed by atoms with Crippen molar-refractivity contribution in [3.63, 3.8) is 0 Å². The van der Waals surface area contributed by atoms with Gasteiger partial charge in [-0.25, -0.2) is 9.97 Å². The fourth-order valence-corrected chi connectivity index (χ4v) is 3.26. The highest BCUT2D eigenvalue weighted by Gasteiger charge is 2.23. The van der Waals surface area contributed by atoms with Crippen LogP contribution in [0.15, 0.2) is 42.6 Å². The van der Waals surface area contributed by atoms with E-state index in [0.29, 0.717) is 11.6 Å². The smallest absolute Gasteiger partial charge is 0.272 e. The SMILES string of the molecule is CCCCN(C)c1nccc(C(=O)N2CCN(Cc3ccccc3)CC2)n1. The van der Waals surface area contributed by atoms with Gasteiger partial charge in [0.15, 0.2) is 0 Å². The maximum atomic E-state index is 12.9. The van der Waals surface area contributed by atoms with Crippen LogP contribution >= 0.6 is 0 Å². The lowest BCUT2D eigenvalue weighted by atomic mass is 10.2. The lowest BCUT2D eigenvalue weighted by molar-refractivity contribution is 0.0622. The van der Waals surface area contributed by atoms with Crippen molar-refractivity contribution in [2.75, 3.05) is 44.7 Å². The number of hydrogen-bond acceptors (Lipinski definition) is 5. The van der Waals surface area contributed by atoms with Gasteiger partial charge in [-0.15, -0.1) is 0 Å². The van der Waals surface area contributed by atoms with Crippen LogP contribution in [0.5, 0.6) is 0 Å². The molecule has 0 N–H and O–H groups in total. The van der Waals surface area contributed by atoms with Gasteiger partial charge in [0.2, 0.25) is 5.95 Å².